The Bertz CT molecular complexity index is 770. The van der Waals surface area contributed by atoms with Gasteiger partial charge in [0.15, 0.2) is 0 Å². The zero-order chi connectivity index (χ0) is 17.8. The summed E-state index contributed by atoms with van der Waals surface area (Å²) in [6.45, 7) is 2.86. The lowest BCUT2D eigenvalue weighted by Crippen LogP contribution is -2.43. The molecule has 1 aromatic rings. The highest BCUT2D eigenvalue weighted by molar-refractivity contribution is 7.90. The molecule has 0 bridgehead atoms. The molecule has 1 aliphatic rings. The van der Waals surface area contributed by atoms with Crippen molar-refractivity contribution in [2.75, 3.05) is 45.7 Å². The second kappa shape index (κ2) is 7.79. The van der Waals surface area contributed by atoms with E-state index in [1.54, 1.807) is 13.0 Å². The van der Waals surface area contributed by atoms with Gasteiger partial charge in [-0.15, -0.1) is 0 Å². The van der Waals surface area contributed by atoms with E-state index in [0.717, 1.165) is 0 Å². The van der Waals surface area contributed by atoms with E-state index in [0.29, 0.717) is 37.6 Å². The first-order valence-electron chi connectivity index (χ1n) is 7.46. The first kappa shape index (κ1) is 19.1. The van der Waals surface area contributed by atoms with Crippen LogP contribution in [0.4, 0.5) is 0 Å². The standard InChI is InChI=1S/C14H22N2O6S2/c1-12-11-13(3-4-14(12)21-2)24(19,20)15-5-10-23(17,18)16-6-8-22-9-7-16/h3-4,11,15H,5-10H2,1-2H3. The van der Waals surface area contributed by atoms with Crippen molar-refractivity contribution in [2.45, 2.75) is 11.8 Å². The molecule has 0 radical (unpaired) electrons. The number of nitrogens with zero attached hydrogens (tertiary/aromatic N) is 1. The molecule has 1 N–H and O–H groups in total. The number of ether oxygens (including phenoxy) is 2. The molecule has 136 valence electrons. The maximum atomic E-state index is 12.3. The van der Waals surface area contributed by atoms with Crippen LogP contribution in [0.25, 0.3) is 0 Å². The maximum Gasteiger partial charge on any atom is 0.240 e. The molecule has 10 heteroatoms. The minimum atomic E-state index is -3.77. The molecule has 1 heterocycles. The molecule has 8 nitrogen and oxygen atoms in total. The minimum absolute atomic E-state index is 0.0737. The molecule has 24 heavy (non-hydrogen) atoms. The van der Waals surface area contributed by atoms with E-state index in [2.05, 4.69) is 4.72 Å². The first-order chi connectivity index (χ1) is 11.3. The van der Waals surface area contributed by atoms with Crippen LogP contribution < -0.4 is 9.46 Å². The Morgan fingerprint density at radius 3 is 2.46 bits per heavy atom. The summed E-state index contributed by atoms with van der Waals surface area (Å²) < 4.78 is 62.7. The molecular weight excluding hydrogens is 356 g/mol. The summed E-state index contributed by atoms with van der Waals surface area (Å²) in [6, 6.07) is 4.47. The van der Waals surface area contributed by atoms with E-state index in [9.17, 15) is 16.8 Å². The van der Waals surface area contributed by atoms with Crippen molar-refractivity contribution in [3.63, 3.8) is 0 Å². The van der Waals surface area contributed by atoms with Gasteiger partial charge in [0, 0.05) is 19.6 Å². The smallest absolute Gasteiger partial charge is 0.240 e. The predicted molar refractivity (Wildman–Crippen MR) is 89.1 cm³/mol. The second-order valence-electron chi connectivity index (χ2n) is 5.36. The van der Waals surface area contributed by atoms with Gasteiger partial charge in [0.2, 0.25) is 20.0 Å². The Morgan fingerprint density at radius 2 is 1.88 bits per heavy atom. The van der Waals surface area contributed by atoms with E-state index in [-0.39, 0.29) is 17.2 Å². The molecule has 0 saturated carbocycles. The number of benzene rings is 1. The van der Waals surface area contributed by atoms with Crippen LogP contribution >= 0.6 is 0 Å². The van der Waals surface area contributed by atoms with E-state index in [4.69, 9.17) is 9.47 Å². The van der Waals surface area contributed by atoms with Crippen LogP contribution in [-0.2, 0) is 24.8 Å². The fourth-order valence-electron chi connectivity index (χ4n) is 2.36. The maximum absolute atomic E-state index is 12.3. The van der Waals surface area contributed by atoms with Gasteiger partial charge in [-0.2, -0.15) is 4.31 Å². The average Bonchev–Trinajstić information content (AvgIpc) is 2.55. The number of aryl methyl sites for hydroxylation is 1. The third kappa shape index (κ3) is 4.67. The van der Waals surface area contributed by atoms with Crippen LogP contribution in [0.3, 0.4) is 0 Å². The molecule has 2 rings (SSSR count). The predicted octanol–water partition coefficient (Wildman–Crippen LogP) is -0.0561. The van der Waals surface area contributed by atoms with Crippen molar-refractivity contribution >= 4 is 20.0 Å². The Labute approximate surface area is 142 Å². The van der Waals surface area contributed by atoms with Gasteiger partial charge in [-0.3, -0.25) is 0 Å². The zero-order valence-electron chi connectivity index (χ0n) is 13.7. The zero-order valence-corrected chi connectivity index (χ0v) is 15.3. The molecule has 0 aromatic heterocycles. The summed E-state index contributed by atoms with van der Waals surface area (Å²) >= 11 is 0. The van der Waals surface area contributed by atoms with Crippen molar-refractivity contribution in [3.05, 3.63) is 23.8 Å². The van der Waals surface area contributed by atoms with E-state index in [1.807, 2.05) is 0 Å². The van der Waals surface area contributed by atoms with Crippen LogP contribution in [-0.4, -0.2) is 66.9 Å². The van der Waals surface area contributed by atoms with Gasteiger partial charge in [-0.25, -0.2) is 21.6 Å². The van der Waals surface area contributed by atoms with Crippen LogP contribution in [0.2, 0.25) is 0 Å². The molecule has 0 aliphatic carbocycles. The summed E-state index contributed by atoms with van der Waals surface area (Å²) in [5.41, 5.74) is 0.682. The van der Waals surface area contributed by atoms with Gasteiger partial charge in [-0.05, 0) is 30.7 Å². The molecular formula is C14H22N2O6S2. The van der Waals surface area contributed by atoms with E-state index >= 15 is 0 Å². The fourth-order valence-corrected chi connectivity index (χ4v) is 4.93. The lowest BCUT2D eigenvalue weighted by molar-refractivity contribution is 0.0730. The normalized spacial score (nSPS) is 16.9. The van der Waals surface area contributed by atoms with Crippen LogP contribution in [0.15, 0.2) is 23.1 Å². The Balaban J connectivity index is 1.98. The summed E-state index contributed by atoms with van der Waals surface area (Å²) in [4.78, 5) is 0.0737. The second-order valence-corrected chi connectivity index (χ2v) is 9.21. The Hall–Kier alpha value is -1.20. The molecule has 0 atom stereocenters. The van der Waals surface area contributed by atoms with Gasteiger partial charge >= 0.3 is 0 Å². The highest BCUT2D eigenvalue weighted by Gasteiger charge is 2.25. The highest BCUT2D eigenvalue weighted by atomic mass is 32.2. The van der Waals surface area contributed by atoms with Crippen LogP contribution in [0.1, 0.15) is 5.56 Å². The van der Waals surface area contributed by atoms with Crippen LogP contribution in [0, 0.1) is 6.92 Å². The molecule has 1 saturated heterocycles. The van der Waals surface area contributed by atoms with Gasteiger partial charge in [0.25, 0.3) is 0 Å². The SMILES string of the molecule is COc1ccc(S(=O)(=O)NCCS(=O)(=O)N2CCOCC2)cc1C. The third-order valence-electron chi connectivity index (χ3n) is 3.69. The lowest BCUT2D eigenvalue weighted by Gasteiger charge is -2.26. The largest absolute Gasteiger partial charge is 0.496 e. The monoisotopic (exact) mass is 378 g/mol. The number of rotatable bonds is 7. The number of morpholine rings is 1. The number of methoxy groups -OCH3 is 1. The van der Waals surface area contributed by atoms with Crippen molar-refractivity contribution in [1.82, 2.24) is 9.03 Å². The van der Waals surface area contributed by atoms with Gasteiger partial charge in [0.05, 0.1) is 31.0 Å². The highest BCUT2D eigenvalue weighted by Crippen LogP contribution is 2.21. The summed E-state index contributed by atoms with van der Waals surface area (Å²) in [6.07, 6.45) is 0. The molecule has 0 unspecified atom stereocenters. The minimum Gasteiger partial charge on any atom is -0.496 e. The molecule has 1 fully saturated rings. The first-order valence-corrected chi connectivity index (χ1v) is 10.6. The van der Waals surface area contributed by atoms with E-state index in [1.165, 1.54) is 23.5 Å². The average molecular weight is 378 g/mol. The summed E-state index contributed by atoms with van der Waals surface area (Å²) in [7, 11) is -5.77. The summed E-state index contributed by atoms with van der Waals surface area (Å²) in [5.74, 6) is 0.297. The van der Waals surface area contributed by atoms with Crippen LogP contribution in [0.5, 0.6) is 5.75 Å². The molecule has 0 spiro atoms. The number of hydrogen-bond donors (Lipinski definition) is 1. The van der Waals surface area contributed by atoms with Gasteiger partial charge in [0.1, 0.15) is 5.75 Å². The van der Waals surface area contributed by atoms with Crippen molar-refractivity contribution < 1.29 is 26.3 Å². The van der Waals surface area contributed by atoms with Crippen molar-refractivity contribution in [2.24, 2.45) is 0 Å². The van der Waals surface area contributed by atoms with Crippen molar-refractivity contribution in [1.29, 1.82) is 0 Å². The van der Waals surface area contributed by atoms with Gasteiger partial charge in [-0.1, -0.05) is 0 Å². The molecule has 0 amide bonds. The lowest BCUT2D eigenvalue weighted by atomic mass is 10.2. The van der Waals surface area contributed by atoms with Gasteiger partial charge < -0.3 is 9.47 Å². The topological polar surface area (TPSA) is 102 Å². The Kier molecular flexibility index (Phi) is 6.21. The Morgan fingerprint density at radius 1 is 1.21 bits per heavy atom. The number of hydrogen-bond acceptors (Lipinski definition) is 6. The summed E-state index contributed by atoms with van der Waals surface area (Å²) in [5, 5.41) is 0. The quantitative estimate of drug-likeness (QED) is 0.713. The fraction of sp³-hybridized carbons (Fsp3) is 0.571. The van der Waals surface area contributed by atoms with E-state index < -0.39 is 20.0 Å². The van der Waals surface area contributed by atoms with Crippen molar-refractivity contribution in [3.8, 4) is 5.75 Å². The number of nitrogens with one attached hydrogen (secondary N) is 1. The third-order valence-corrected chi connectivity index (χ3v) is 7.02. The molecule has 1 aliphatic heterocycles. The number of sulfonamides is 2. The molecule has 1 aromatic carbocycles.